The van der Waals surface area contributed by atoms with Crippen molar-refractivity contribution < 1.29 is 4.79 Å². The molecule has 0 saturated carbocycles. The van der Waals surface area contributed by atoms with Crippen LogP contribution in [0.2, 0.25) is 0 Å². The molecule has 0 fully saturated rings. The molecule has 0 spiro atoms. The van der Waals surface area contributed by atoms with E-state index >= 15 is 0 Å². The summed E-state index contributed by atoms with van der Waals surface area (Å²) in [5, 5.41) is 2.27. The Balaban J connectivity index is 1.62. The average Bonchev–Trinajstić information content (AvgIpc) is 2.60. The third-order valence-electron chi connectivity index (χ3n) is 4.78. The van der Waals surface area contributed by atoms with Gasteiger partial charge in [0, 0.05) is 17.8 Å². The second kappa shape index (κ2) is 5.75. The summed E-state index contributed by atoms with van der Waals surface area (Å²) in [6.07, 6.45) is 4.23. The van der Waals surface area contributed by atoms with Crippen LogP contribution >= 0.6 is 0 Å². The lowest BCUT2D eigenvalue weighted by atomic mass is 9.93. The van der Waals surface area contributed by atoms with E-state index in [1.54, 1.807) is 0 Å². The SMILES string of the molecule is CC1=CC2=NCC(C(=O)c3ccc4ccccc4c3)CN2C(C)=C1. The molecule has 2 aromatic carbocycles. The Bertz CT molecular complexity index is 920. The molecule has 1 unspecified atom stereocenters. The molecule has 0 N–H and O–H groups in total. The normalized spacial score (nSPS) is 20.2. The fourth-order valence-electron chi connectivity index (χ4n) is 3.51. The first-order valence-corrected chi connectivity index (χ1v) is 8.33. The summed E-state index contributed by atoms with van der Waals surface area (Å²) in [5.74, 6) is 1.07. The van der Waals surface area contributed by atoms with E-state index in [0.29, 0.717) is 13.1 Å². The summed E-state index contributed by atoms with van der Waals surface area (Å²) in [4.78, 5) is 19.8. The van der Waals surface area contributed by atoms with Crippen molar-refractivity contribution in [2.45, 2.75) is 13.8 Å². The number of benzene rings is 2. The van der Waals surface area contributed by atoms with Crippen LogP contribution in [0.1, 0.15) is 24.2 Å². The molecule has 2 heterocycles. The maximum Gasteiger partial charge on any atom is 0.169 e. The lowest BCUT2D eigenvalue weighted by Gasteiger charge is -2.35. The molecule has 0 aliphatic carbocycles. The number of aliphatic imine (C=N–C) groups is 1. The van der Waals surface area contributed by atoms with Gasteiger partial charge in [-0.05, 0) is 48.4 Å². The summed E-state index contributed by atoms with van der Waals surface area (Å²) in [5.41, 5.74) is 3.15. The zero-order chi connectivity index (χ0) is 16.7. The Hall–Kier alpha value is -2.68. The molecule has 0 saturated heterocycles. The van der Waals surface area contributed by atoms with Crippen LogP contribution in [0, 0.1) is 5.92 Å². The molecule has 3 nitrogen and oxygen atoms in total. The summed E-state index contributed by atoms with van der Waals surface area (Å²) >= 11 is 0. The van der Waals surface area contributed by atoms with Gasteiger partial charge in [-0.2, -0.15) is 0 Å². The number of ketones is 1. The predicted molar refractivity (Wildman–Crippen MR) is 98.3 cm³/mol. The van der Waals surface area contributed by atoms with Crippen molar-refractivity contribution in [1.82, 2.24) is 4.90 Å². The monoisotopic (exact) mass is 316 g/mol. The lowest BCUT2D eigenvalue weighted by molar-refractivity contribution is 0.0907. The third kappa shape index (κ3) is 2.56. The molecule has 2 aliphatic rings. The van der Waals surface area contributed by atoms with Crippen LogP contribution in [0.15, 0.2) is 70.9 Å². The topological polar surface area (TPSA) is 32.7 Å². The Morgan fingerprint density at radius 2 is 1.88 bits per heavy atom. The van der Waals surface area contributed by atoms with Gasteiger partial charge in [0.15, 0.2) is 5.78 Å². The van der Waals surface area contributed by atoms with Gasteiger partial charge in [-0.3, -0.25) is 9.79 Å². The van der Waals surface area contributed by atoms with Gasteiger partial charge >= 0.3 is 0 Å². The van der Waals surface area contributed by atoms with Crippen molar-refractivity contribution in [1.29, 1.82) is 0 Å². The summed E-state index contributed by atoms with van der Waals surface area (Å²) in [6.45, 7) is 5.43. The van der Waals surface area contributed by atoms with Gasteiger partial charge in [-0.15, -0.1) is 0 Å². The quantitative estimate of drug-likeness (QED) is 0.777. The number of rotatable bonds is 2. The molecular formula is C21H20N2O. The van der Waals surface area contributed by atoms with Crippen LogP contribution < -0.4 is 0 Å². The van der Waals surface area contributed by atoms with E-state index < -0.39 is 0 Å². The zero-order valence-corrected chi connectivity index (χ0v) is 14.0. The average molecular weight is 316 g/mol. The molecule has 1 atom stereocenters. The van der Waals surface area contributed by atoms with E-state index in [9.17, 15) is 4.79 Å². The molecule has 120 valence electrons. The van der Waals surface area contributed by atoms with Crippen LogP contribution in [-0.2, 0) is 0 Å². The van der Waals surface area contributed by atoms with Gasteiger partial charge < -0.3 is 4.90 Å². The number of allylic oxidation sites excluding steroid dienone is 3. The number of amidine groups is 1. The standard InChI is InChI=1S/C21H20N2O/c1-14-9-15(2)23-13-19(12-22-20(23)10-14)21(24)18-8-7-16-5-3-4-6-17(16)11-18/h3-11,19H,12-13H2,1-2H3. The highest BCUT2D eigenvalue weighted by molar-refractivity contribution is 6.03. The van der Waals surface area contributed by atoms with Gasteiger partial charge in [0.25, 0.3) is 0 Å². The Morgan fingerprint density at radius 1 is 1.08 bits per heavy atom. The molecule has 4 rings (SSSR count). The van der Waals surface area contributed by atoms with E-state index in [1.165, 1.54) is 5.57 Å². The van der Waals surface area contributed by atoms with Gasteiger partial charge in [0.05, 0.1) is 12.5 Å². The molecule has 0 aromatic heterocycles. The molecule has 0 amide bonds. The minimum atomic E-state index is -0.0925. The number of hydrogen-bond donors (Lipinski definition) is 0. The van der Waals surface area contributed by atoms with Crippen LogP contribution in [0.4, 0.5) is 0 Å². The van der Waals surface area contributed by atoms with Crippen molar-refractivity contribution in [3.63, 3.8) is 0 Å². The second-order valence-corrected chi connectivity index (χ2v) is 6.61. The fourth-order valence-corrected chi connectivity index (χ4v) is 3.51. The van der Waals surface area contributed by atoms with Crippen molar-refractivity contribution in [3.05, 3.63) is 71.5 Å². The number of carbonyl (C=O) groups is 1. The van der Waals surface area contributed by atoms with Crippen LogP contribution in [0.5, 0.6) is 0 Å². The zero-order valence-electron chi connectivity index (χ0n) is 14.0. The number of Topliss-reactive ketones (excluding diaryl/α,β-unsaturated/α-hetero) is 1. The maximum atomic E-state index is 13.0. The third-order valence-corrected chi connectivity index (χ3v) is 4.78. The van der Waals surface area contributed by atoms with Gasteiger partial charge in [0.1, 0.15) is 5.84 Å². The molecule has 2 aromatic rings. The van der Waals surface area contributed by atoms with Crippen molar-refractivity contribution >= 4 is 22.4 Å². The minimum Gasteiger partial charge on any atom is -0.330 e. The summed E-state index contributed by atoms with van der Waals surface area (Å²) in [7, 11) is 0. The Morgan fingerprint density at radius 3 is 2.71 bits per heavy atom. The minimum absolute atomic E-state index is 0.0925. The van der Waals surface area contributed by atoms with Crippen LogP contribution in [-0.4, -0.2) is 29.6 Å². The second-order valence-electron chi connectivity index (χ2n) is 6.61. The summed E-state index contributed by atoms with van der Waals surface area (Å²) in [6, 6.07) is 14.1. The van der Waals surface area contributed by atoms with Gasteiger partial charge in [-0.25, -0.2) is 0 Å². The molecule has 2 aliphatic heterocycles. The number of hydrogen-bond acceptors (Lipinski definition) is 3. The smallest absolute Gasteiger partial charge is 0.169 e. The highest BCUT2D eigenvalue weighted by Crippen LogP contribution is 2.25. The van der Waals surface area contributed by atoms with E-state index in [2.05, 4.69) is 42.0 Å². The summed E-state index contributed by atoms with van der Waals surface area (Å²) < 4.78 is 0. The number of carbonyl (C=O) groups excluding carboxylic acids is 1. The van der Waals surface area contributed by atoms with E-state index in [-0.39, 0.29) is 11.7 Å². The highest BCUT2D eigenvalue weighted by Gasteiger charge is 2.29. The van der Waals surface area contributed by atoms with Gasteiger partial charge in [0.2, 0.25) is 0 Å². The molecule has 3 heteroatoms. The van der Waals surface area contributed by atoms with E-state index in [4.69, 9.17) is 0 Å². The predicted octanol–water partition coefficient (Wildman–Crippen LogP) is 4.22. The van der Waals surface area contributed by atoms with Crippen LogP contribution in [0.3, 0.4) is 0 Å². The largest absolute Gasteiger partial charge is 0.330 e. The molecule has 0 radical (unpaired) electrons. The lowest BCUT2D eigenvalue weighted by Crippen LogP contribution is -2.42. The first kappa shape index (κ1) is 14.9. The van der Waals surface area contributed by atoms with E-state index in [0.717, 1.165) is 27.9 Å². The van der Waals surface area contributed by atoms with E-state index in [1.807, 2.05) is 36.4 Å². The van der Waals surface area contributed by atoms with Crippen molar-refractivity contribution in [2.75, 3.05) is 13.1 Å². The Labute approximate surface area is 142 Å². The number of fused-ring (bicyclic) bond motifs is 2. The first-order chi connectivity index (χ1) is 11.6. The molecular weight excluding hydrogens is 296 g/mol. The molecule has 24 heavy (non-hydrogen) atoms. The van der Waals surface area contributed by atoms with Crippen LogP contribution in [0.25, 0.3) is 10.8 Å². The first-order valence-electron chi connectivity index (χ1n) is 8.33. The van der Waals surface area contributed by atoms with Crippen molar-refractivity contribution in [3.8, 4) is 0 Å². The molecule has 0 bridgehead atoms. The van der Waals surface area contributed by atoms with Gasteiger partial charge in [-0.1, -0.05) is 36.4 Å². The maximum absolute atomic E-state index is 13.0. The number of nitrogens with zero attached hydrogens (tertiary/aromatic N) is 2. The van der Waals surface area contributed by atoms with Crippen molar-refractivity contribution in [2.24, 2.45) is 10.9 Å². The highest BCUT2D eigenvalue weighted by atomic mass is 16.1. The fraction of sp³-hybridized carbons (Fsp3) is 0.238. The Kier molecular flexibility index (Phi) is 3.57.